The van der Waals surface area contributed by atoms with Gasteiger partial charge in [-0.05, 0) is 57.1 Å². The third kappa shape index (κ3) is 5.98. The second-order valence-electron chi connectivity index (χ2n) is 10.7. The molecule has 7 nitrogen and oxygen atoms in total. The third-order valence-corrected chi connectivity index (χ3v) is 8.11. The number of carbonyl (C=O) groups is 3. The second kappa shape index (κ2) is 12.1. The van der Waals surface area contributed by atoms with E-state index in [1.807, 2.05) is 18.2 Å². The Morgan fingerprint density at radius 3 is 2.59 bits per heavy atom. The highest BCUT2D eigenvalue weighted by molar-refractivity contribution is 6.05. The maximum atomic E-state index is 13.4. The van der Waals surface area contributed by atoms with Crippen molar-refractivity contribution in [2.75, 3.05) is 13.2 Å². The fourth-order valence-corrected chi connectivity index (χ4v) is 6.37. The van der Waals surface area contributed by atoms with Gasteiger partial charge in [0.15, 0.2) is 0 Å². The molecule has 4 atom stereocenters. The maximum Gasteiger partial charge on any atom is 0.303 e. The zero-order chi connectivity index (χ0) is 26.5. The number of carbonyl (C=O) groups excluding carboxylic acids is 2. The topological polar surface area (TPSA) is 104 Å². The number of allylic oxidation sites excluding steroid dienone is 2. The van der Waals surface area contributed by atoms with Crippen molar-refractivity contribution < 1.29 is 29.3 Å². The molecule has 2 amide bonds. The van der Waals surface area contributed by atoms with E-state index >= 15 is 0 Å². The van der Waals surface area contributed by atoms with Crippen molar-refractivity contribution in [3.63, 3.8) is 0 Å². The predicted molar refractivity (Wildman–Crippen MR) is 141 cm³/mol. The van der Waals surface area contributed by atoms with Gasteiger partial charge in [-0.15, -0.1) is 0 Å². The van der Waals surface area contributed by atoms with E-state index in [0.29, 0.717) is 38.8 Å². The Kier molecular flexibility index (Phi) is 8.85. The minimum Gasteiger partial charge on any atom is -0.507 e. The lowest BCUT2D eigenvalue weighted by atomic mass is 9.70. The number of hydrogen-bond donors (Lipinski definition) is 2. The average molecular weight is 510 g/mol. The molecule has 2 saturated heterocycles. The molecular formula is C30H39NO6. The molecule has 0 unspecified atom stereocenters. The number of rotatable bonds is 12. The number of carboxylic acids is 1. The van der Waals surface area contributed by atoms with Crippen LogP contribution in [0.3, 0.4) is 0 Å². The van der Waals surface area contributed by atoms with Crippen molar-refractivity contribution in [1.29, 1.82) is 0 Å². The lowest BCUT2D eigenvalue weighted by molar-refractivity contribution is -0.141. The molecule has 4 rings (SSSR count). The molecule has 7 heteroatoms. The summed E-state index contributed by atoms with van der Waals surface area (Å²) in [6, 6.07) is 7.36. The van der Waals surface area contributed by atoms with Crippen LogP contribution in [-0.2, 0) is 19.1 Å². The first-order valence-corrected chi connectivity index (χ1v) is 13.7. The lowest BCUT2D eigenvalue weighted by Gasteiger charge is -2.30. The first-order valence-electron chi connectivity index (χ1n) is 13.7. The number of phenolic OH excluding ortho intramolecular Hbond substituents is 1. The molecule has 2 N–H and O–H groups in total. The van der Waals surface area contributed by atoms with Gasteiger partial charge in [0.1, 0.15) is 5.75 Å². The number of fused-ring (bicyclic) bond motifs is 3. The maximum absolute atomic E-state index is 13.4. The number of nitrogens with zero attached hydrogens (tertiary/aromatic N) is 1. The van der Waals surface area contributed by atoms with Gasteiger partial charge >= 0.3 is 5.97 Å². The molecule has 2 fully saturated rings. The van der Waals surface area contributed by atoms with Crippen LogP contribution in [0.1, 0.15) is 77.2 Å². The molecule has 0 bridgehead atoms. The summed E-state index contributed by atoms with van der Waals surface area (Å²) in [5, 5.41) is 19.0. The molecule has 2 aliphatic heterocycles. The molecule has 1 aliphatic carbocycles. The van der Waals surface area contributed by atoms with Gasteiger partial charge in [-0.25, -0.2) is 0 Å². The molecule has 0 radical (unpaired) electrons. The van der Waals surface area contributed by atoms with Crippen molar-refractivity contribution in [1.82, 2.24) is 4.90 Å². The summed E-state index contributed by atoms with van der Waals surface area (Å²) in [6.07, 6.45) is 8.24. The Morgan fingerprint density at radius 2 is 1.86 bits per heavy atom. The largest absolute Gasteiger partial charge is 0.507 e. The first kappa shape index (κ1) is 27.1. The van der Waals surface area contributed by atoms with Crippen LogP contribution >= 0.6 is 0 Å². The number of aromatic hydroxyl groups is 1. The van der Waals surface area contributed by atoms with Gasteiger partial charge in [-0.3, -0.25) is 19.3 Å². The smallest absolute Gasteiger partial charge is 0.303 e. The van der Waals surface area contributed by atoms with Gasteiger partial charge < -0.3 is 14.9 Å². The van der Waals surface area contributed by atoms with Crippen LogP contribution in [0, 0.1) is 17.8 Å². The van der Waals surface area contributed by atoms with Crippen LogP contribution in [0.15, 0.2) is 41.0 Å². The van der Waals surface area contributed by atoms with Crippen LogP contribution in [-0.4, -0.2) is 52.2 Å². The van der Waals surface area contributed by atoms with Crippen LogP contribution in [0.25, 0.3) is 6.08 Å². The van der Waals surface area contributed by atoms with E-state index in [4.69, 9.17) is 9.84 Å². The van der Waals surface area contributed by atoms with Crippen LogP contribution in [0.5, 0.6) is 5.75 Å². The Hall–Kier alpha value is -2.93. The number of aliphatic carboxylic acids is 1. The molecule has 0 aromatic heterocycles. The highest BCUT2D eigenvalue weighted by Crippen LogP contribution is 2.49. The summed E-state index contributed by atoms with van der Waals surface area (Å²) >= 11 is 0. The minimum atomic E-state index is -0.820. The standard InChI is InChI=1S/C30H39NO6/c1-3-9-20(17-21-10-6-7-11-24(21)32)13-14-25-27-19(2)16-22-28(23(27)18-37-25)30(36)31(29(22)35)15-8-4-5-12-26(33)34/h6-7,10-11,17,22-23,25,28,32H,3-5,8-9,12-16,18H2,1-2H3,(H,33,34)/b20-17+/t22-,23+,25-,28-/m1/s1. The zero-order valence-electron chi connectivity index (χ0n) is 21.9. The molecule has 2 heterocycles. The second-order valence-corrected chi connectivity index (χ2v) is 10.7. The summed E-state index contributed by atoms with van der Waals surface area (Å²) in [5.74, 6) is -1.40. The number of hydrogen-bond acceptors (Lipinski definition) is 5. The normalized spacial score (nSPS) is 25.6. The Morgan fingerprint density at radius 1 is 1.08 bits per heavy atom. The lowest BCUT2D eigenvalue weighted by Crippen LogP contribution is -2.34. The summed E-state index contributed by atoms with van der Waals surface area (Å²) < 4.78 is 6.26. The number of benzene rings is 1. The zero-order valence-corrected chi connectivity index (χ0v) is 21.9. The summed E-state index contributed by atoms with van der Waals surface area (Å²) in [4.78, 5) is 38.7. The third-order valence-electron chi connectivity index (χ3n) is 8.11. The van der Waals surface area contributed by atoms with Gasteiger partial charge in [0, 0.05) is 24.4 Å². The Labute approximate surface area is 219 Å². The number of phenols is 1. The molecule has 37 heavy (non-hydrogen) atoms. The van der Waals surface area contributed by atoms with Gasteiger partial charge in [-0.2, -0.15) is 0 Å². The van der Waals surface area contributed by atoms with Gasteiger partial charge in [0.2, 0.25) is 11.8 Å². The molecule has 3 aliphatic rings. The van der Waals surface area contributed by atoms with E-state index in [1.54, 1.807) is 6.07 Å². The van der Waals surface area contributed by atoms with Gasteiger partial charge in [-0.1, -0.05) is 55.2 Å². The van der Waals surface area contributed by atoms with E-state index in [1.165, 1.54) is 21.6 Å². The molecule has 200 valence electrons. The number of imide groups is 1. The number of amides is 2. The van der Waals surface area contributed by atoms with Crippen molar-refractivity contribution >= 4 is 23.9 Å². The van der Waals surface area contributed by atoms with Gasteiger partial charge in [0.25, 0.3) is 0 Å². The predicted octanol–water partition coefficient (Wildman–Crippen LogP) is 5.34. The molecule has 0 spiro atoms. The molecule has 1 aromatic carbocycles. The number of para-hydroxylation sites is 1. The average Bonchev–Trinajstić information content (AvgIpc) is 3.38. The summed E-state index contributed by atoms with van der Waals surface area (Å²) in [6.45, 7) is 5.07. The SMILES string of the molecule is CCC/C(=C\c1ccccc1O)CC[C@H]1OC[C@H]2C1=C(C)C[C@H]1C(=O)N(CCCCCC(=O)O)C(=O)[C@H]12. The van der Waals surface area contributed by atoms with Crippen LogP contribution < -0.4 is 0 Å². The van der Waals surface area contributed by atoms with E-state index in [-0.39, 0.29) is 47.8 Å². The van der Waals surface area contributed by atoms with Crippen molar-refractivity contribution in [2.45, 2.75) is 77.7 Å². The molecule has 1 aromatic rings. The fraction of sp³-hybridized carbons (Fsp3) is 0.567. The number of carboxylic acid groups (broad SMARTS) is 1. The number of likely N-dealkylation sites (tertiary alicyclic amines) is 1. The molecule has 0 saturated carbocycles. The highest BCUT2D eigenvalue weighted by Gasteiger charge is 2.56. The van der Waals surface area contributed by atoms with Gasteiger partial charge in [0.05, 0.1) is 24.5 Å². The van der Waals surface area contributed by atoms with Crippen molar-refractivity contribution in [3.05, 3.63) is 46.5 Å². The van der Waals surface area contributed by atoms with E-state index in [9.17, 15) is 19.5 Å². The minimum absolute atomic E-state index is 0.0472. The summed E-state index contributed by atoms with van der Waals surface area (Å²) in [5.41, 5.74) is 4.48. The summed E-state index contributed by atoms with van der Waals surface area (Å²) in [7, 11) is 0. The number of unbranched alkanes of at least 4 members (excludes halogenated alkanes) is 2. The Bertz CT molecular complexity index is 1090. The van der Waals surface area contributed by atoms with Crippen molar-refractivity contribution in [3.8, 4) is 5.75 Å². The van der Waals surface area contributed by atoms with E-state index in [2.05, 4.69) is 19.9 Å². The fourth-order valence-electron chi connectivity index (χ4n) is 6.37. The molecular weight excluding hydrogens is 470 g/mol. The monoisotopic (exact) mass is 509 g/mol. The first-order chi connectivity index (χ1) is 17.8. The highest BCUT2D eigenvalue weighted by atomic mass is 16.5. The van der Waals surface area contributed by atoms with Crippen LogP contribution in [0.2, 0.25) is 0 Å². The quantitative estimate of drug-likeness (QED) is 0.224. The van der Waals surface area contributed by atoms with Crippen LogP contribution in [0.4, 0.5) is 0 Å². The Balaban J connectivity index is 1.41. The van der Waals surface area contributed by atoms with E-state index in [0.717, 1.165) is 31.2 Å². The van der Waals surface area contributed by atoms with E-state index < -0.39 is 5.97 Å². The number of ether oxygens (including phenoxy) is 1. The van der Waals surface area contributed by atoms with Crippen molar-refractivity contribution in [2.24, 2.45) is 17.8 Å².